The molecule has 1 aliphatic rings. The summed E-state index contributed by atoms with van der Waals surface area (Å²) in [5.74, 6) is -0.134. The third kappa shape index (κ3) is 3.39. The lowest BCUT2D eigenvalue weighted by Crippen LogP contribution is -2.45. The summed E-state index contributed by atoms with van der Waals surface area (Å²) in [6.45, 7) is 1.11. The van der Waals surface area contributed by atoms with E-state index in [-0.39, 0.29) is 12.4 Å². The molecule has 1 heterocycles. The van der Waals surface area contributed by atoms with Crippen LogP contribution in [0.1, 0.15) is 11.1 Å². The van der Waals surface area contributed by atoms with Crippen LogP contribution in [0.25, 0.3) is 0 Å². The highest BCUT2D eigenvalue weighted by atomic mass is 16.6. The number of hydrogen-bond donors (Lipinski definition) is 0. The minimum absolute atomic E-state index is 0.134. The Morgan fingerprint density at radius 2 is 1.88 bits per heavy atom. The van der Waals surface area contributed by atoms with Gasteiger partial charge in [0, 0.05) is 6.54 Å². The first-order chi connectivity index (χ1) is 11.7. The largest absolute Gasteiger partial charge is 0.378 e. The van der Waals surface area contributed by atoms with Crippen LogP contribution >= 0.6 is 0 Å². The van der Waals surface area contributed by atoms with E-state index in [0.29, 0.717) is 24.5 Å². The maximum absolute atomic E-state index is 11.2. The van der Waals surface area contributed by atoms with Crippen LogP contribution in [0.5, 0.6) is 0 Å². The molecular weight excluding hydrogens is 306 g/mol. The zero-order valence-corrected chi connectivity index (χ0v) is 12.9. The fourth-order valence-electron chi connectivity index (χ4n) is 2.61. The van der Waals surface area contributed by atoms with Gasteiger partial charge in [-0.2, -0.15) is 10.3 Å². The zero-order valence-electron chi connectivity index (χ0n) is 12.9. The summed E-state index contributed by atoms with van der Waals surface area (Å²) in [4.78, 5) is 12.7. The third-order valence-corrected chi connectivity index (χ3v) is 3.70. The van der Waals surface area contributed by atoms with Crippen molar-refractivity contribution >= 4 is 11.5 Å². The number of amidine groups is 1. The van der Waals surface area contributed by atoms with Crippen LogP contribution in [0, 0.1) is 21.4 Å². The van der Waals surface area contributed by atoms with Crippen LogP contribution in [0.2, 0.25) is 0 Å². The molecule has 0 unspecified atom stereocenters. The van der Waals surface area contributed by atoms with Crippen molar-refractivity contribution in [1.29, 1.82) is 5.26 Å². The first-order valence-corrected chi connectivity index (χ1v) is 7.42. The minimum Gasteiger partial charge on any atom is -0.358 e. The molecule has 120 valence electrons. The molecule has 24 heavy (non-hydrogen) atoms. The van der Waals surface area contributed by atoms with Gasteiger partial charge < -0.3 is 10.1 Å². The van der Waals surface area contributed by atoms with Crippen LogP contribution < -0.4 is 5.01 Å². The Hall–Kier alpha value is -3.24. The molecular formula is C17H15N5O2. The van der Waals surface area contributed by atoms with Crippen LogP contribution in [-0.4, -0.2) is 28.9 Å². The molecule has 0 N–H and O–H groups in total. The highest BCUT2D eigenvalue weighted by Crippen LogP contribution is 2.23. The van der Waals surface area contributed by atoms with Crippen LogP contribution in [0.3, 0.4) is 0 Å². The van der Waals surface area contributed by atoms with E-state index in [0.717, 1.165) is 5.56 Å². The lowest BCUT2D eigenvalue weighted by atomic mass is 10.2. The summed E-state index contributed by atoms with van der Waals surface area (Å²) >= 11 is 0. The number of hydrogen-bond acceptors (Lipinski definition) is 6. The second kappa shape index (κ2) is 6.89. The van der Waals surface area contributed by atoms with Crippen LogP contribution in [0.4, 0.5) is 5.69 Å². The number of nitro groups is 1. The number of benzene rings is 2. The highest BCUT2D eigenvalue weighted by Gasteiger charge is 2.30. The summed E-state index contributed by atoms with van der Waals surface area (Å²) in [5.41, 5.74) is 2.07. The van der Waals surface area contributed by atoms with E-state index in [1.807, 2.05) is 35.2 Å². The van der Waals surface area contributed by atoms with Gasteiger partial charge in [0.1, 0.15) is 25.0 Å². The molecule has 2 aromatic rings. The van der Waals surface area contributed by atoms with Crippen molar-refractivity contribution in [3.05, 3.63) is 75.8 Å². The Labute approximate surface area is 139 Å². The van der Waals surface area contributed by atoms with Gasteiger partial charge in [-0.3, -0.25) is 4.90 Å². The summed E-state index contributed by atoms with van der Waals surface area (Å²) in [5, 5.41) is 26.1. The van der Waals surface area contributed by atoms with Crippen molar-refractivity contribution in [2.45, 2.75) is 6.54 Å². The molecule has 2 aromatic carbocycles. The van der Waals surface area contributed by atoms with Gasteiger partial charge >= 0.3 is 5.84 Å². The van der Waals surface area contributed by atoms with Crippen molar-refractivity contribution < 1.29 is 4.92 Å². The summed E-state index contributed by atoms with van der Waals surface area (Å²) < 4.78 is 0. The maximum Gasteiger partial charge on any atom is 0.378 e. The predicted octanol–water partition coefficient (Wildman–Crippen LogP) is 2.43. The molecule has 7 heteroatoms. The number of anilines is 1. The third-order valence-electron chi connectivity index (χ3n) is 3.70. The van der Waals surface area contributed by atoms with E-state index in [9.17, 15) is 15.4 Å². The lowest BCUT2D eigenvalue weighted by Gasteiger charge is -2.28. The second-order valence-electron chi connectivity index (χ2n) is 5.42. The normalized spacial score (nSPS) is 14.8. The van der Waals surface area contributed by atoms with Gasteiger partial charge in [-0.05, 0) is 22.6 Å². The fraction of sp³-hybridized carbons (Fsp3) is 0.176. The molecule has 3 rings (SSSR count). The van der Waals surface area contributed by atoms with Gasteiger partial charge in [0.15, 0.2) is 0 Å². The molecule has 0 saturated heterocycles. The molecule has 0 atom stereocenters. The van der Waals surface area contributed by atoms with Gasteiger partial charge in [-0.1, -0.05) is 42.5 Å². The smallest absolute Gasteiger partial charge is 0.358 e. The minimum atomic E-state index is -0.473. The van der Waals surface area contributed by atoms with Crippen molar-refractivity contribution in [3.63, 3.8) is 0 Å². The van der Waals surface area contributed by atoms with E-state index in [1.54, 1.807) is 24.3 Å². The van der Waals surface area contributed by atoms with E-state index in [2.05, 4.69) is 11.2 Å². The van der Waals surface area contributed by atoms with Crippen molar-refractivity contribution in [3.8, 4) is 6.07 Å². The molecule has 0 radical (unpaired) electrons. The molecule has 0 fully saturated rings. The molecule has 0 aliphatic carbocycles. The first kappa shape index (κ1) is 15.6. The molecule has 7 nitrogen and oxygen atoms in total. The van der Waals surface area contributed by atoms with Gasteiger partial charge in [-0.15, -0.1) is 0 Å². The number of hydrazone groups is 1. The number of rotatable bonds is 3. The van der Waals surface area contributed by atoms with E-state index in [4.69, 9.17) is 0 Å². The molecule has 0 amide bonds. The van der Waals surface area contributed by atoms with Crippen LogP contribution in [0.15, 0.2) is 59.7 Å². The monoisotopic (exact) mass is 321 g/mol. The topological polar surface area (TPSA) is 85.8 Å². The quantitative estimate of drug-likeness (QED) is 0.640. The average molecular weight is 321 g/mol. The number of nitriles is 1. The van der Waals surface area contributed by atoms with Gasteiger partial charge in [0.05, 0.1) is 10.7 Å². The standard InChI is InChI=1S/C17H15N5O2/c18-10-15-8-4-5-9-16(15)21-13-20(12-17(19-21)22(23)24)11-14-6-2-1-3-7-14/h1-9H,11-13H2. The Bertz CT molecular complexity index is 813. The van der Waals surface area contributed by atoms with E-state index in [1.165, 1.54) is 5.01 Å². The van der Waals surface area contributed by atoms with Crippen molar-refractivity contribution in [1.82, 2.24) is 4.90 Å². The highest BCUT2D eigenvalue weighted by molar-refractivity contribution is 5.79. The van der Waals surface area contributed by atoms with Gasteiger partial charge in [0.25, 0.3) is 0 Å². The maximum atomic E-state index is 11.2. The molecule has 0 saturated carbocycles. The summed E-state index contributed by atoms with van der Waals surface area (Å²) in [7, 11) is 0. The lowest BCUT2D eigenvalue weighted by molar-refractivity contribution is -0.354. The van der Waals surface area contributed by atoms with Crippen LogP contribution in [-0.2, 0) is 6.54 Å². The molecule has 1 aliphatic heterocycles. The summed E-state index contributed by atoms with van der Waals surface area (Å²) in [6.07, 6.45) is 0. The van der Waals surface area contributed by atoms with Gasteiger partial charge in [0.2, 0.25) is 0 Å². The average Bonchev–Trinajstić information content (AvgIpc) is 2.62. The number of nitrogens with zero attached hydrogens (tertiary/aromatic N) is 5. The van der Waals surface area contributed by atoms with E-state index < -0.39 is 4.92 Å². The fourth-order valence-corrected chi connectivity index (χ4v) is 2.61. The SMILES string of the molecule is N#Cc1ccccc1N1CN(Cc2ccccc2)CC([N+](=O)[O-])=N1. The second-order valence-corrected chi connectivity index (χ2v) is 5.42. The first-order valence-electron chi connectivity index (χ1n) is 7.42. The Morgan fingerprint density at radius 1 is 1.17 bits per heavy atom. The van der Waals surface area contributed by atoms with Gasteiger partial charge in [-0.25, -0.2) is 0 Å². The Morgan fingerprint density at radius 3 is 2.58 bits per heavy atom. The van der Waals surface area contributed by atoms with Crippen molar-refractivity contribution in [2.24, 2.45) is 5.10 Å². The zero-order chi connectivity index (χ0) is 16.9. The molecule has 0 spiro atoms. The van der Waals surface area contributed by atoms with E-state index >= 15 is 0 Å². The summed E-state index contributed by atoms with van der Waals surface area (Å²) in [6, 6.07) is 18.8. The predicted molar refractivity (Wildman–Crippen MR) is 89.8 cm³/mol. The van der Waals surface area contributed by atoms with Crippen molar-refractivity contribution in [2.75, 3.05) is 18.2 Å². The Balaban J connectivity index is 1.90. The molecule has 0 aromatic heterocycles. The molecule has 0 bridgehead atoms. The number of para-hydroxylation sites is 1. The Kier molecular flexibility index (Phi) is 4.50.